The molecule has 1 aromatic rings. The minimum absolute atomic E-state index is 0.0404. The molecule has 3 amide bonds. The summed E-state index contributed by atoms with van der Waals surface area (Å²) in [6, 6.07) is 10.3. The number of nitrogens with one attached hydrogen (secondary N) is 1. The van der Waals surface area contributed by atoms with Gasteiger partial charge in [-0.3, -0.25) is 4.79 Å². The van der Waals surface area contributed by atoms with Gasteiger partial charge >= 0.3 is 6.03 Å². The van der Waals surface area contributed by atoms with E-state index in [1.807, 2.05) is 28.0 Å². The molecule has 1 spiro atoms. The Kier molecular flexibility index (Phi) is 4.51. The third-order valence-electron chi connectivity index (χ3n) is 6.57. The molecular weight excluding hydrogens is 358 g/mol. The second-order valence-electron chi connectivity index (χ2n) is 8.72. The maximum Gasteiger partial charge on any atom is 0.320 e. The van der Waals surface area contributed by atoms with Crippen LogP contribution in [0.1, 0.15) is 24.8 Å². The van der Waals surface area contributed by atoms with Gasteiger partial charge < -0.3 is 24.6 Å². The summed E-state index contributed by atoms with van der Waals surface area (Å²) >= 11 is 0. The van der Waals surface area contributed by atoms with Gasteiger partial charge in [-0.15, -0.1) is 0 Å². The Labute approximate surface area is 165 Å². The van der Waals surface area contributed by atoms with Crippen molar-refractivity contribution in [1.82, 2.24) is 15.1 Å². The second-order valence-corrected chi connectivity index (χ2v) is 8.72. The van der Waals surface area contributed by atoms with Crippen molar-refractivity contribution in [2.75, 3.05) is 32.8 Å². The molecule has 1 aromatic carbocycles. The number of hydrogen-bond acceptors (Lipinski definition) is 4. The fourth-order valence-electron chi connectivity index (χ4n) is 5.04. The average molecular weight is 385 g/mol. The monoisotopic (exact) mass is 385 g/mol. The standard InChI is InChI=1S/C21H27N3O4/c25-19-12-28-18-6-7-23(10-17(18)22-19)20(26)24-13-21(14-24)8-16(9-21)27-11-15-4-2-1-3-5-15/h1-5,16-18H,6-14H2,(H,22,25)/t17-,18+/m1/s1. The van der Waals surface area contributed by atoms with Crippen molar-refractivity contribution in [3.05, 3.63) is 35.9 Å². The van der Waals surface area contributed by atoms with E-state index in [9.17, 15) is 9.59 Å². The molecule has 3 aliphatic heterocycles. The van der Waals surface area contributed by atoms with E-state index in [2.05, 4.69) is 17.4 Å². The van der Waals surface area contributed by atoms with E-state index >= 15 is 0 Å². The first-order valence-electron chi connectivity index (χ1n) is 10.2. The van der Waals surface area contributed by atoms with Gasteiger partial charge in [0.25, 0.3) is 0 Å². The maximum atomic E-state index is 12.8. The van der Waals surface area contributed by atoms with Gasteiger partial charge in [0.15, 0.2) is 0 Å². The number of ether oxygens (including phenoxy) is 2. The Bertz CT molecular complexity index is 741. The molecule has 0 unspecified atom stereocenters. The Morgan fingerprint density at radius 2 is 2.00 bits per heavy atom. The molecule has 1 N–H and O–H groups in total. The topological polar surface area (TPSA) is 71.1 Å². The van der Waals surface area contributed by atoms with Gasteiger partial charge in [0.05, 0.1) is 24.9 Å². The van der Waals surface area contributed by atoms with Crippen LogP contribution in [-0.2, 0) is 20.9 Å². The minimum atomic E-state index is -0.0885. The molecule has 1 aliphatic carbocycles. The Morgan fingerprint density at radius 3 is 2.79 bits per heavy atom. The van der Waals surface area contributed by atoms with E-state index in [1.54, 1.807) is 0 Å². The molecule has 7 heteroatoms. The third-order valence-corrected chi connectivity index (χ3v) is 6.57. The van der Waals surface area contributed by atoms with Crippen molar-refractivity contribution in [2.45, 2.75) is 44.1 Å². The SMILES string of the molecule is O=C1CO[C@H]2CCN(C(=O)N3CC4(CC(OCc5ccccc5)C4)C3)C[C@H]2N1. The molecular formula is C21H27N3O4. The van der Waals surface area contributed by atoms with Crippen LogP contribution in [0.25, 0.3) is 0 Å². The van der Waals surface area contributed by atoms with E-state index in [1.165, 1.54) is 5.56 Å². The van der Waals surface area contributed by atoms with Gasteiger partial charge in [-0.05, 0) is 24.8 Å². The van der Waals surface area contributed by atoms with Gasteiger partial charge in [-0.2, -0.15) is 0 Å². The fraction of sp³-hybridized carbons (Fsp3) is 0.619. The van der Waals surface area contributed by atoms with Crippen LogP contribution in [-0.4, -0.2) is 72.8 Å². The van der Waals surface area contributed by atoms with Crippen molar-refractivity contribution in [3.8, 4) is 0 Å². The van der Waals surface area contributed by atoms with Crippen LogP contribution in [0, 0.1) is 5.41 Å². The third kappa shape index (κ3) is 3.37. The zero-order chi connectivity index (χ0) is 19.1. The van der Waals surface area contributed by atoms with Crippen LogP contribution in [0.3, 0.4) is 0 Å². The molecule has 4 fully saturated rings. The highest BCUT2D eigenvalue weighted by molar-refractivity contribution is 5.79. The van der Waals surface area contributed by atoms with E-state index in [-0.39, 0.29) is 36.1 Å². The lowest BCUT2D eigenvalue weighted by Gasteiger charge is -2.59. The summed E-state index contributed by atoms with van der Waals surface area (Å²) in [6.07, 6.45) is 3.21. The lowest BCUT2D eigenvalue weighted by Crippen LogP contribution is -2.69. The Hall–Kier alpha value is -2.12. The quantitative estimate of drug-likeness (QED) is 0.853. The number of amides is 3. The van der Waals surface area contributed by atoms with Gasteiger partial charge in [-0.1, -0.05) is 30.3 Å². The largest absolute Gasteiger partial charge is 0.373 e. The van der Waals surface area contributed by atoms with Crippen molar-refractivity contribution in [2.24, 2.45) is 5.41 Å². The molecule has 7 nitrogen and oxygen atoms in total. The predicted octanol–water partition coefficient (Wildman–Crippen LogP) is 1.38. The summed E-state index contributed by atoms with van der Waals surface area (Å²) in [5, 5.41) is 2.96. The van der Waals surface area contributed by atoms with Crippen LogP contribution in [0.4, 0.5) is 4.79 Å². The minimum Gasteiger partial charge on any atom is -0.373 e. The number of carbonyl (C=O) groups is 2. The van der Waals surface area contributed by atoms with E-state index < -0.39 is 0 Å². The normalized spacial score (nSPS) is 28.9. The molecule has 5 rings (SSSR count). The number of fused-ring (bicyclic) bond motifs is 1. The van der Waals surface area contributed by atoms with Crippen LogP contribution < -0.4 is 5.32 Å². The predicted molar refractivity (Wildman–Crippen MR) is 102 cm³/mol. The number of morpholine rings is 1. The van der Waals surface area contributed by atoms with Gasteiger partial charge in [0.2, 0.25) is 5.91 Å². The summed E-state index contributed by atoms with van der Waals surface area (Å²) in [6.45, 7) is 3.68. The van der Waals surface area contributed by atoms with E-state index in [0.717, 1.165) is 32.4 Å². The molecule has 28 heavy (non-hydrogen) atoms. The van der Waals surface area contributed by atoms with Crippen LogP contribution in [0.15, 0.2) is 30.3 Å². The Balaban J connectivity index is 1.06. The lowest BCUT2D eigenvalue weighted by molar-refractivity contribution is -0.147. The molecule has 3 saturated heterocycles. The number of rotatable bonds is 3. The molecule has 150 valence electrons. The van der Waals surface area contributed by atoms with Gasteiger partial charge in [0, 0.05) is 31.6 Å². The summed E-state index contributed by atoms with van der Waals surface area (Å²) < 4.78 is 11.6. The van der Waals surface area contributed by atoms with Crippen molar-refractivity contribution in [3.63, 3.8) is 0 Å². The number of piperidine rings is 1. The van der Waals surface area contributed by atoms with Crippen molar-refractivity contribution >= 4 is 11.9 Å². The fourth-order valence-corrected chi connectivity index (χ4v) is 5.04. The van der Waals surface area contributed by atoms with Crippen molar-refractivity contribution in [1.29, 1.82) is 0 Å². The summed E-state index contributed by atoms with van der Waals surface area (Å²) in [5.41, 5.74) is 1.47. The van der Waals surface area contributed by atoms with Gasteiger partial charge in [-0.25, -0.2) is 4.79 Å². The summed E-state index contributed by atoms with van der Waals surface area (Å²) in [7, 11) is 0. The number of carbonyl (C=O) groups excluding carboxylic acids is 2. The first kappa shape index (κ1) is 17.9. The molecule has 0 aromatic heterocycles. The first-order chi connectivity index (χ1) is 13.6. The number of hydrogen-bond donors (Lipinski definition) is 1. The zero-order valence-corrected chi connectivity index (χ0v) is 16.0. The molecule has 2 atom stereocenters. The number of nitrogens with zero attached hydrogens (tertiary/aromatic N) is 2. The van der Waals surface area contributed by atoms with Crippen molar-refractivity contribution < 1.29 is 19.1 Å². The number of benzene rings is 1. The van der Waals surface area contributed by atoms with Crippen LogP contribution in [0.5, 0.6) is 0 Å². The van der Waals surface area contributed by atoms with Crippen LogP contribution >= 0.6 is 0 Å². The lowest BCUT2D eigenvalue weighted by atomic mass is 9.62. The molecule has 0 radical (unpaired) electrons. The highest BCUT2D eigenvalue weighted by atomic mass is 16.5. The highest BCUT2D eigenvalue weighted by Gasteiger charge is 2.55. The molecule has 1 saturated carbocycles. The number of urea groups is 1. The average Bonchev–Trinajstić information content (AvgIpc) is 2.65. The van der Waals surface area contributed by atoms with E-state index in [4.69, 9.17) is 9.47 Å². The smallest absolute Gasteiger partial charge is 0.320 e. The zero-order valence-electron chi connectivity index (χ0n) is 16.0. The molecule has 3 heterocycles. The van der Waals surface area contributed by atoms with Gasteiger partial charge in [0.1, 0.15) is 6.61 Å². The summed E-state index contributed by atoms with van der Waals surface area (Å²) in [4.78, 5) is 28.2. The van der Waals surface area contributed by atoms with E-state index in [0.29, 0.717) is 25.8 Å². The first-order valence-corrected chi connectivity index (χ1v) is 10.2. The maximum absolute atomic E-state index is 12.8. The molecule has 4 aliphatic rings. The molecule has 0 bridgehead atoms. The summed E-state index contributed by atoms with van der Waals surface area (Å²) in [5.74, 6) is -0.0885. The second kappa shape index (κ2) is 7.04. The van der Waals surface area contributed by atoms with Crippen LogP contribution in [0.2, 0.25) is 0 Å². The Morgan fingerprint density at radius 1 is 1.21 bits per heavy atom. The number of likely N-dealkylation sites (tertiary alicyclic amines) is 2. The highest BCUT2D eigenvalue weighted by Crippen LogP contribution is 2.50.